The lowest BCUT2D eigenvalue weighted by molar-refractivity contribution is -0.116. The summed E-state index contributed by atoms with van der Waals surface area (Å²) in [5.41, 5.74) is 0.406. The van der Waals surface area contributed by atoms with Crippen molar-refractivity contribution in [1.82, 2.24) is 9.88 Å². The summed E-state index contributed by atoms with van der Waals surface area (Å²) in [5, 5.41) is 3.95. The van der Waals surface area contributed by atoms with Gasteiger partial charge in [0.15, 0.2) is 5.13 Å². The van der Waals surface area contributed by atoms with Crippen LogP contribution >= 0.6 is 34.5 Å². The normalized spacial score (nSPS) is 10.6. The number of anilines is 1. The molecule has 0 aliphatic rings. The maximum absolute atomic E-state index is 12.7. The fourth-order valence-corrected chi connectivity index (χ4v) is 3.14. The minimum atomic E-state index is -0.279. The Labute approximate surface area is 161 Å². The Morgan fingerprint density at radius 1 is 1.28 bits per heavy atom. The van der Waals surface area contributed by atoms with Gasteiger partial charge in [-0.05, 0) is 31.5 Å². The van der Waals surface area contributed by atoms with Gasteiger partial charge in [-0.15, -0.1) is 11.3 Å². The van der Waals surface area contributed by atoms with E-state index in [1.807, 2.05) is 13.8 Å². The number of unbranched alkanes of at least 4 members (excludes halogenated alkanes) is 1. The highest BCUT2D eigenvalue weighted by molar-refractivity contribution is 7.15. The summed E-state index contributed by atoms with van der Waals surface area (Å²) in [6.45, 7) is 4.38. The molecule has 0 fully saturated rings. The van der Waals surface area contributed by atoms with E-state index >= 15 is 0 Å². The third-order valence-corrected chi connectivity index (χ3v) is 5.00. The topological polar surface area (TPSA) is 62.3 Å². The summed E-state index contributed by atoms with van der Waals surface area (Å²) >= 11 is 13.3. The maximum Gasteiger partial charge on any atom is 0.254 e. The molecule has 0 aliphatic carbocycles. The standard InChI is InChI=1S/C17H19Cl2N3O2S/c1-3-4-7-22(10-15(23)21-17-20-9-11(2)25-17)16(24)12-5-6-13(18)14(19)8-12/h5-6,8-9H,3-4,7,10H2,1-2H3,(H,20,21,23). The zero-order valence-electron chi connectivity index (χ0n) is 14.0. The number of halogens is 2. The molecule has 134 valence electrons. The zero-order chi connectivity index (χ0) is 18.4. The van der Waals surface area contributed by atoms with Gasteiger partial charge in [0.2, 0.25) is 5.91 Å². The molecule has 1 aromatic heterocycles. The first-order valence-corrected chi connectivity index (χ1v) is 9.44. The van der Waals surface area contributed by atoms with E-state index in [0.29, 0.717) is 27.3 Å². The van der Waals surface area contributed by atoms with E-state index in [2.05, 4.69) is 10.3 Å². The van der Waals surface area contributed by atoms with Crippen molar-refractivity contribution in [3.63, 3.8) is 0 Å². The molecule has 1 N–H and O–H groups in total. The van der Waals surface area contributed by atoms with E-state index < -0.39 is 0 Å². The number of aromatic nitrogens is 1. The first-order valence-electron chi connectivity index (χ1n) is 7.87. The Kier molecular flexibility index (Phi) is 7.23. The third kappa shape index (κ3) is 5.70. The molecule has 0 saturated carbocycles. The summed E-state index contributed by atoms with van der Waals surface area (Å²) in [6.07, 6.45) is 3.41. The average molecular weight is 400 g/mol. The Bertz CT molecular complexity index is 764. The van der Waals surface area contributed by atoms with E-state index in [1.165, 1.54) is 22.3 Å². The SMILES string of the molecule is CCCCN(CC(=O)Nc1ncc(C)s1)C(=O)c1ccc(Cl)c(Cl)c1. The smallest absolute Gasteiger partial charge is 0.254 e. The molecule has 8 heteroatoms. The van der Waals surface area contributed by atoms with Crippen LogP contribution in [0.15, 0.2) is 24.4 Å². The van der Waals surface area contributed by atoms with E-state index in [4.69, 9.17) is 23.2 Å². The second-order valence-electron chi connectivity index (χ2n) is 5.53. The van der Waals surface area contributed by atoms with Crippen LogP contribution < -0.4 is 5.32 Å². The molecule has 0 spiro atoms. The van der Waals surface area contributed by atoms with Gasteiger partial charge in [-0.1, -0.05) is 36.5 Å². The molecule has 0 unspecified atom stereocenters. The van der Waals surface area contributed by atoms with Crippen LogP contribution in [-0.4, -0.2) is 34.8 Å². The number of hydrogen-bond acceptors (Lipinski definition) is 4. The van der Waals surface area contributed by atoms with Crippen molar-refractivity contribution in [2.24, 2.45) is 0 Å². The molecular formula is C17H19Cl2N3O2S. The summed E-state index contributed by atoms with van der Waals surface area (Å²) in [5.74, 6) is -0.531. The van der Waals surface area contributed by atoms with E-state index in [0.717, 1.165) is 17.7 Å². The first-order chi connectivity index (χ1) is 11.9. The van der Waals surface area contributed by atoms with E-state index in [9.17, 15) is 9.59 Å². The van der Waals surface area contributed by atoms with Crippen LogP contribution in [0.4, 0.5) is 5.13 Å². The molecule has 0 aliphatic heterocycles. The highest BCUT2D eigenvalue weighted by atomic mass is 35.5. The number of amides is 2. The number of aryl methyl sites for hydroxylation is 1. The van der Waals surface area contributed by atoms with Crippen molar-refractivity contribution in [2.45, 2.75) is 26.7 Å². The second-order valence-corrected chi connectivity index (χ2v) is 7.58. The quantitative estimate of drug-likeness (QED) is 0.737. The van der Waals surface area contributed by atoms with E-state index in [-0.39, 0.29) is 18.4 Å². The van der Waals surface area contributed by atoms with E-state index in [1.54, 1.807) is 18.3 Å². The second kappa shape index (κ2) is 9.17. The number of thiazole rings is 1. The van der Waals surface area contributed by atoms with Gasteiger partial charge in [-0.2, -0.15) is 0 Å². The number of rotatable bonds is 7. The van der Waals surface area contributed by atoms with Crippen molar-refractivity contribution < 1.29 is 9.59 Å². The Hall–Kier alpha value is -1.63. The minimum absolute atomic E-state index is 0.0439. The molecular weight excluding hydrogens is 381 g/mol. The summed E-state index contributed by atoms with van der Waals surface area (Å²) in [7, 11) is 0. The van der Waals surface area contributed by atoms with Gasteiger partial charge in [-0.25, -0.2) is 4.98 Å². The number of hydrogen-bond donors (Lipinski definition) is 1. The number of benzene rings is 1. The van der Waals surface area contributed by atoms with Gasteiger partial charge >= 0.3 is 0 Å². The number of nitrogens with one attached hydrogen (secondary N) is 1. The Morgan fingerprint density at radius 3 is 2.64 bits per heavy atom. The molecule has 0 radical (unpaired) electrons. The van der Waals surface area contributed by atoms with Crippen LogP contribution in [0.5, 0.6) is 0 Å². The zero-order valence-corrected chi connectivity index (χ0v) is 16.3. The molecule has 0 atom stereocenters. The van der Waals surface area contributed by atoms with Crippen LogP contribution in [0.3, 0.4) is 0 Å². The van der Waals surface area contributed by atoms with Gasteiger partial charge in [0.1, 0.15) is 6.54 Å². The molecule has 2 aromatic rings. The predicted molar refractivity (Wildman–Crippen MR) is 103 cm³/mol. The Morgan fingerprint density at radius 2 is 2.04 bits per heavy atom. The van der Waals surface area contributed by atoms with Gasteiger partial charge < -0.3 is 10.2 Å². The fourth-order valence-electron chi connectivity index (χ4n) is 2.16. The number of nitrogens with zero attached hydrogens (tertiary/aromatic N) is 2. The molecule has 2 rings (SSSR count). The Balaban J connectivity index is 2.09. The highest BCUT2D eigenvalue weighted by Gasteiger charge is 2.20. The highest BCUT2D eigenvalue weighted by Crippen LogP contribution is 2.23. The summed E-state index contributed by atoms with van der Waals surface area (Å²) in [6, 6.07) is 4.71. The van der Waals surface area contributed by atoms with Gasteiger partial charge in [-0.3, -0.25) is 9.59 Å². The number of carbonyl (C=O) groups is 2. The average Bonchev–Trinajstić information content (AvgIpc) is 2.98. The van der Waals surface area contributed by atoms with Gasteiger partial charge in [0.05, 0.1) is 10.0 Å². The van der Waals surface area contributed by atoms with Crippen LogP contribution in [0.2, 0.25) is 10.0 Å². The lowest BCUT2D eigenvalue weighted by Gasteiger charge is -2.22. The maximum atomic E-state index is 12.7. The van der Waals surface area contributed by atoms with Crippen molar-refractivity contribution >= 4 is 51.5 Å². The molecule has 2 amide bonds. The third-order valence-electron chi connectivity index (χ3n) is 3.44. The summed E-state index contributed by atoms with van der Waals surface area (Å²) in [4.78, 5) is 31.6. The number of carbonyl (C=O) groups excluding carboxylic acids is 2. The van der Waals surface area contributed by atoms with Crippen LogP contribution in [-0.2, 0) is 4.79 Å². The van der Waals surface area contributed by atoms with Crippen molar-refractivity contribution in [3.05, 3.63) is 44.9 Å². The molecule has 5 nitrogen and oxygen atoms in total. The monoisotopic (exact) mass is 399 g/mol. The van der Waals surface area contributed by atoms with Crippen molar-refractivity contribution in [2.75, 3.05) is 18.4 Å². The lowest BCUT2D eigenvalue weighted by Crippen LogP contribution is -2.38. The van der Waals surface area contributed by atoms with Gasteiger partial charge in [0, 0.05) is 23.2 Å². The summed E-state index contributed by atoms with van der Waals surface area (Å²) < 4.78 is 0. The van der Waals surface area contributed by atoms with Crippen molar-refractivity contribution in [1.29, 1.82) is 0 Å². The fraction of sp³-hybridized carbons (Fsp3) is 0.353. The molecule has 0 bridgehead atoms. The molecule has 1 heterocycles. The molecule has 1 aromatic carbocycles. The van der Waals surface area contributed by atoms with Crippen LogP contribution in [0, 0.1) is 6.92 Å². The minimum Gasteiger partial charge on any atom is -0.329 e. The predicted octanol–water partition coefficient (Wildman–Crippen LogP) is 4.64. The lowest BCUT2D eigenvalue weighted by atomic mass is 10.2. The molecule has 25 heavy (non-hydrogen) atoms. The first kappa shape index (κ1) is 19.7. The van der Waals surface area contributed by atoms with Crippen LogP contribution in [0.1, 0.15) is 35.0 Å². The largest absolute Gasteiger partial charge is 0.329 e. The van der Waals surface area contributed by atoms with Crippen molar-refractivity contribution in [3.8, 4) is 0 Å². The molecule has 0 saturated heterocycles. The van der Waals surface area contributed by atoms with Gasteiger partial charge in [0.25, 0.3) is 5.91 Å². The van der Waals surface area contributed by atoms with Crippen LogP contribution in [0.25, 0.3) is 0 Å².